The van der Waals surface area contributed by atoms with Crippen LogP contribution in [0.2, 0.25) is 0 Å². The van der Waals surface area contributed by atoms with Gasteiger partial charge in [0.05, 0.1) is 0 Å². The van der Waals surface area contributed by atoms with Crippen LogP contribution >= 0.6 is 0 Å². The van der Waals surface area contributed by atoms with Gasteiger partial charge in [-0.25, -0.2) is 9.87 Å². The Hall–Kier alpha value is -3.52. The zero-order valence-electron chi connectivity index (χ0n) is 17.6. The van der Waals surface area contributed by atoms with Gasteiger partial charge in [0.1, 0.15) is 5.82 Å². The monoisotopic (exact) mass is 439 g/mol. The van der Waals surface area contributed by atoms with Crippen molar-refractivity contribution in [3.63, 3.8) is 0 Å². The Balaban J connectivity index is 1.50. The number of hydroxylamine groups is 1. The second-order valence-electron chi connectivity index (χ2n) is 7.64. The van der Waals surface area contributed by atoms with Crippen molar-refractivity contribution in [2.45, 2.75) is 38.5 Å². The highest BCUT2D eigenvalue weighted by atomic mass is 19.1. The van der Waals surface area contributed by atoms with E-state index < -0.39 is 5.82 Å². The molecule has 0 aromatic heterocycles. The van der Waals surface area contributed by atoms with Gasteiger partial charge in [0.2, 0.25) is 5.91 Å². The summed E-state index contributed by atoms with van der Waals surface area (Å²) in [6.07, 6.45) is 6.26. The average molecular weight is 439 g/mol. The Labute approximate surface area is 185 Å². The number of fused-ring (bicyclic) bond motifs is 1. The molecule has 3 rings (SSSR count). The fourth-order valence-electron chi connectivity index (χ4n) is 3.54. The fraction of sp³-hybridized carbons (Fsp3) is 0.292. The molecule has 0 saturated carbocycles. The summed E-state index contributed by atoms with van der Waals surface area (Å²) < 4.78 is 13.6. The molecule has 1 aliphatic heterocycles. The second kappa shape index (κ2) is 11.2. The van der Waals surface area contributed by atoms with Gasteiger partial charge in [-0.1, -0.05) is 31.4 Å². The van der Waals surface area contributed by atoms with Crippen LogP contribution in [0.4, 0.5) is 10.1 Å². The van der Waals surface area contributed by atoms with Crippen LogP contribution in [-0.2, 0) is 9.59 Å². The number of nitrogens with one attached hydrogen (secondary N) is 3. The molecule has 0 saturated heterocycles. The highest BCUT2D eigenvalue weighted by molar-refractivity contribution is 6.34. The number of unbranched alkanes of at least 4 members (excludes halogenated alkanes) is 4. The summed E-state index contributed by atoms with van der Waals surface area (Å²) >= 11 is 0. The van der Waals surface area contributed by atoms with E-state index >= 15 is 0 Å². The molecule has 0 unspecified atom stereocenters. The van der Waals surface area contributed by atoms with Gasteiger partial charge in [-0.15, -0.1) is 0 Å². The van der Waals surface area contributed by atoms with Crippen molar-refractivity contribution in [1.29, 1.82) is 0 Å². The molecule has 0 aliphatic carbocycles. The first-order chi connectivity index (χ1) is 15.5. The van der Waals surface area contributed by atoms with E-state index in [1.54, 1.807) is 35.8 Å². The maximum atomic E-state index is 13.6. The zero-order chi connectivity index (χ0) is 22.9. The molecule has 3 amide bonds. The van der Waals surface area contributed by atoms with Crippen LogP contribution in [0.1, 0.15) is 60.0 Å². The molecule has 0 atom stereocenters. The third-order valence-electron chi connectivity index (χ3n) is 5.22. The van der Waals surface area contributed by atoms with Gasteiger partial charge in [0.25, 0.3) is 11.8 Å². The average Bonchev–Trinajstić information content (AvgIpc) is 3.09. The molecule has 1 heterocycles. The Morgan fingerprint density at radius 3 is 2.62 bits per heavy atom. The van der Waals surface area contributed by atoms with Crippen LogP contribution in [0, 0.1) is 5.82 Å². The molecule has 0 fully saturated rings. The van der Waals surface area contributed by atoms with Crippen molar-refractivity contribution in [3.05, 3.63) is 65.0 Å². The maximum Gasteiger partial charge on any atom is 0.256 e. The summed E-state index contributed by atoms with van der Waals surface area (Å²) in [5.41, 5.74) is 4.18. The van der Waals surface area contributed by atoms with E-state index in [2.05, 4.69) is 10.6 Å². The minimum absolute atomic E-state index is 0.202. The predicted octanol–water partition coefficient (Wildman–Crippen LogP) is 3.89. The van der Waals surface area contributed by atoms with E-state index in [-0.39, 0.29) is 17.7 Å². The first-order valence-electron chi connectivity index (χ1n) is 10.6. The van der Waals surface area contributed by atoms with Crippen LogP contribution in [-0.4, -0.2) is 29.5 Å². The van der Waals surface area contributed by atoms with Crippen molar-refractivity contribution < 1.29 is 24.0 Å². The molecule has 8 heteroatoms. The largest absolute Gasteiger partial charge is 0.352 e. The standard InChI is InChI=1S/C24H26FN3O4/c25-18-10-11-21-19(15-18)20(24(31)27-21)14-16-7-6-8-17(13-16)23(30)26-12-5-3-1-2-4-9-22(29)28-32/h6-8,10-11,13-15,32H,1-5,9,12H2,(H,26,30)(H,27,31)(H,28,29)/b20-14-. The van der Waals surface area contributed by atoms with Gasteiger partial charge in [-0.2, -0.15) is 0 Å². The van der Waals surface area contributed by atoms with E-state index in [1.807, 2.05) is 0 Å². The fourth-order valence-corrected chi connectivity index (χ4v) is 3.54. The number of amides is 3. The summed E-state index contributed by atoms with van der Waals surface area (Å²) in [5.74, 6) is -1.31. The number of hydrogen-bond acceptors (Lipinski definition) is 4. The number of carbonyl (C=O) groups excluding carboxylic acids is 3. The lowest BCUT2D eigenvalue weighted by Crippen LogP contribution is -2.24. The second-order valence-corrected chi connectivity index (χ2v) is 7.64. The van der Waals surface area contributed by atoms with Crippen molar-refractivity contribution in [3.8, 4) is 0 Å². The van der Waals surface area contributed by atoms with Crippen molar-refractivity contribution >= 4 is 35.1 Å². The highest BCUT2D eigenvalue weighted by Crippen LogP contribution is 2.33. The molecule has 4 N–H and O–H groups in total. The van der Waals surface area contributed by atoms with Crippen molar-refractivity contribution in [1.82, 2.24) is 10.8 Å². The van der Waals surface area contributed by atoms with E-state index in [9.17, 15) is 18.8 Å². The number of halogens is 1. The third-order valence-corrected chi connectivity index (χ3v) is 5.22. The van der Waals surface area contributed by atoms with E-state index in [4.69, 9.17) is 5.21 Å². The summed E-state index contributed by atoms with van der Waals surface area (Å²) in [7, 11) is 0. The SMILES string of the molecule is O=C(CCCCCCCNC(=O)c1cccc(/C=C2\C(=O)Nc3ccc(F)cc32)c1)NO. The lowest BCUT2D eigenvalue weighted by molar-refractivity contribution is -0.129. The maximum absolute atomic E-state index is 13.6. The lowest BCUT2D eigenvalue weighted by atomic mass is 10.0. The van der Waals surface area contributed by atoms with Gasteiger partial charge < -0.3 is 10.6 Å². The molecule has 2 aromatic carbocycles. The van der Waals surface area contributed by atoms with Gasteiger partial charge in [-0.05, 0) is 54.8 Å². The lowest BCUT2D eigenvalue weighted by Gasteiger charge is -2.06. The smallest absolute Gasteiger partial charge is 0.256 e. The molecular formula is C24H26FN3O4. The normalized spacial score (nSPS) is 13.6. The summed E-state index contributed by atoms with van der Waals surface area (Å²) in [4.78, 5) is 35.6. The van der Waals surface area contributed by atoms with Crippen LogP contribution in [0.3, 0.4) is 0 Å². The number of benzene rings is 2. The first-order valence-corrected chi connectivity index (χ1v) is 10.6. The van der Waals surface area contributed by atoms with Crippen molar-refractivity contribution in [2.24, 2.45) is 0 Å². The summed E-state index contributed by atoms with van der Waals surface area (Å²) in [5, 5.41) is 14.0. The molecule has 168 valence electrons. The van der Waals surface area contributed by atoms with Gasteiger partial charge in [-0.3, -0.25) is 19.6 Å². The van der Waals surface area contributed by atoms with Crippen molar-refractivity contribution in [2.75, 3.05) is 11.9 Å². The topological polar surface area (TPSA) is 108 Å². The Morgan fingerprint density at radius 1 is 1.03 bits per heavy atom. The predicted molar refractivity (Wildman–Crippen MR) is 119 cm³/mol. The van der Waals surface area contributed by atoms with Gasteiger partial charge in [0.15, 0.2) is 0 Å². The quantitative estimate of drug-likeness (QED) is 0.195. The van der Waals surface area contributed by atoms with Crippen LogP contribution in [0.25, 0.3) is 11.6 Å². The number of carbonyl (C=O) groups is 3. The molecule has 32 heavy (non-hydrogen) atoms. The molecule has 7 nitrogen and oxygen atoms in total. The van der Waals surface area contributed by atoms with E-state index in [0.29, 0.717) is 40.9 Å². The highest BCUT2D eigenvalue weighted by Gasteiger charge is 2.24. The minimum Gasteiger partial charge on any atom is -0.352 e. The van der Waals surface area contributed by atoms with E-state index in [0.717, 1.165) is 32.1 Å². The van der Waals surface area contributed by atoms with Gasteiger partial charge >= 0.3 is 0 Å². The minimum atomic E-state index is -0.421. The Morgan fingerprint density at radius 2 is 1.81 bits per heavy atom. The number of hydrogen-bond donors (Lipinski definition) is 4. The van der Waals surface area contributed by atoms with Crippen LogP contribution in [0.15, 0.2) is 42.5 Å². The Bertz CT molecular complexity index is 1040. The summed E-state index contributed by atoms with van der Waals surface area (Å²) in [6.45, 7) is 0.538. The third kappa shape index (κ3) is 6.24. The van der Waals surface area contributed by atoms with Crippen LogP contribution < -0.4 is 16.1 Å². The molecule has 0 bridgehead atoms. The molecular weight excluding hydrogens is 413 g/mol. The number of anilines is 1. The molecule has 0 radical (unpaired) electrons. The molecule has 1 aliphatic rings. The first kappa shape index (κ1) is 23.1. The zero-order valence-corrected chi connectivity index (χ0v) is 17.6. The van der Waals surface area contributed by atoms with E-state index in [1.165, 1.54) is 18.2 Å². The Kier molecular flexibility index (Phi) is 8.10. The molecule has 2 aromatic rings. The van der Waals surface area contributed by atoms with Crippen LogP contribution in [0.5, 0.6) is 0 Å². The number of rotatable bonds is 10. The summed E-state index contributed by atoms with van der Waals surface area (Å²) in [6, 6.07) is 11.1. The molecule has 0 spiro atoms. The van der Waals surface area contributed by atoms with Gasteiger partial charge in [0, 0.05) is 35.4 Å².